The largest absolute Gasteiger partial charge is 0.480 e. The Morgan fingerprint density at radius 1 is 0.552 bits per heavy atom. The van der Waals surface area contributed by atoms with Crippen LogP contribution in [0.1, 0.15) is 155 Å². The van der Waals surface area contributed by atoms with Gasteiger partial charge in [-0.1, -0.05) is 157 Å². The number of carbonyl (C=O) groups excluding carboxylic acids is 2. The fourth-order valence-corrected chi connectivity index (χ4v) is 6.03. The van der Waals surface area contributed by atoms with Gasteiger partial charge in [0.1, 0.15) is 12.6 Å². The van der Waals surface area contributed by atoms with Crippen molar-refractivity contribution >= 4 is 25.7 Å². The molecule has 0 rings (SSSR count). The number of phosphoric ester groups is 1. The van der Waals surface area contributed by atoms with Crippen LogP contribution in [0.3, 0.4) is 0 Å². The molecule has 12 heteroatoms. The lowest BCUT2D eigenvalue weighted by Crippen LogP contribution is -2.34. The highest BCUT2D eigenvalue weighted by atomic mass is 31.2. The number of unbranched alkanes of at least 4 members (excludes halogenated alkanes) is 11. The number of nitrogens with two attached hydrogens (primary N) is 1. The molecule has 0 saturated carbocycles. The molecule has 11 nitrogen and oxygen atoms in total. The van der Waals surface area contributed by atoms with Crippen LogP contribution >= 0.6 is 7.82 Å². The van der Waals surface area contributed by atoms with Crippen molar-refractivity contribution in [1.82, 2.24) is 0 Å². The molecule has 0 bridgehead atoms. The molecule has 0 aliphatic rings. The molecule has 58 heavy (non-hydrogen) atoms. The molecule has 0 spiro atoms. The van der Waals surface area contributed by atoms with Gasteiger partial charge in [0.2, 0.25) is 0 Å². The van der Waals surface area contributed by atoms with Gasteiger partial charge in [0, 0.05) is 12.8 Å². The molecule has 0 heterocycles. The normalized spacial score (nSPS) is 14.6. The van der Waals surface area contributed by atoms with Crippen LogP contribution in [-0.2, 0) is 37.5 Å². The van der Waals surface area contributed by atoms with Crippen LogP contribution in [0.4, 0.5) is 0 Å². The third-order valence-corrected chi connectivity index (χ3v) is 9.59. The summed E-state index contributed by atoms with van der Waals surface area (Å²) in [4.78, 5) is 45.9. The summed E-state index contributed by atoms with van der Waals surface area (Å²) in [6.07, 6.45) is 49.5. The number of aliphatic carboxylic acids is 1. The van der Waals surface area contributed by atoms with Crippen molar-refractivity contribution in [3.8, 4) is 0 Å². The van der Waals surface area contributed by atoms with E-state index in [2.05, 4.69) is 85.2 Å². The predicted octanol–water partition coefficient (Wildman–Crippen LogP) is 11.5. The maximum atomic E-state index is 12.6. The van der Waals surface area contributed by atoms with E-state index >= 15 is 0 Å². The topological polar surface area (TPSA) is 172 Å². The van der Waals surface area contributed by atoms with E-state index in [9.17, 15) is 23.8 Å². The van der Waals surface area contributed by atoms with Crippen LogP contribution in [0.15, 0.2) is 85.1 Å². The number of carboxylic acid groups (broad SMARTS) is 1. The number of allylic oxidation sites excluding steroid dienone is 14. The van der Waals surface area contributed by atoms with Gasteiger partial charge >= 0.3 is 25.7 Å². The molecule has 1 unspecified atom stereocenters. The van der Waals surface area contributed by atoms with Crippen molar-refractivity contribution in [2.75, 3.05) is 19.8 Å². The summed E-state index contributed by atoms with van der Waals surface area (Å²) in [5.41, 5.74) is 5.33. The fraction of sp³-hybridized carbons (Fsp3) is 0.630. The minimum atomic E-state index is -4.74. The monoisotopic (exact) mass is 834 g/mol. The van der Waals surface area contributed by atoms with Gasteiger partial charge in [0.25, 0.3) is 0 Å². The van der Waals surface area contributed by atoms with E-state index in [0.29, 0.717) is 19.3 Å². The van der Waals surface area contributed by atoms with Gasteiger partial charge in [-0.25, -0.2) is 4.57 Å². The second-order valence-electron chi connectivity index (χ2n) is 14.1. The van der Waals surface area contributed by atoms with Crippen LogP contribution in [-0.4, -0.2) is 59.9 Å². The Morgan fingerprint density at radius 3 is 1.52 bits per heavy atom. The van der Waals surface area contributed by atoms with Crippen LogP contribution in [0.25, 0.3) is 0 Å². The maximum absolute atomic E-state index is 12.6. The minimum Gasteiger partial charge on any atom is -0.480 e. The van der Waals surface area contributed by atoms with Gasteiger partial charge in [0.15, 0.2) is 6.10 Å². The molecule has 0 fully saturated rings. The number of phosphoric acid groups is 1. The number of carbonyl (C=O) groups is 3. The number of hydrogen-bond acceptors (Lipinski definition) is 9. The molecule has 4 N–H and O–H groups in total. The Bertz CT molecular complexity index is 1300. The van der Waals surface area contributed by atoms with Crippen LogP contribution in [0.2, 0.25) is 0 Å². The molecule has 0 aliphatic heterocycles. The summed E-state index contributed by atoms with van der Waals surface area (Å²) < 4.78 is 32.6. The molecule has 0 aliphatic carbocycles. The summed E-state index contributed by atoms with van der Waals surface area (Å²) >= 11 is 0. The van der Waals surface area contributed by atoms with Gasteiger partial charge in [-0.2, -0.15) is 0 Å². The summed E-state index contributed by atoms with van der Waals surface area (Å²) in [5.74, 6) is -2.50. The maximum Gasteiger partial charge on any atom is 0.472 e. The SMILES string of the molecule is CC/C=C/C/C=C/C/C=C/C/C=C/C/C=C/C/C=C/CCC(=O)O[C@H](COC(=O)CCCCCCCCCCC/C=C/CCCC)COP(=O)(O)OC[C@H](N)C(=O)O. The van der Waals surface area contributed by atoms with Gasteiger partial charge in [0.05, 0.1) is 13.2 Å². The Balaban J connectivity index is 4.51. The summed E-state index contributed by atoms with van der Waals surface area (Å²) in [7, 11) is -4.74. The first-order valence-corrected chi connectivity index (χ1v) is 23.1. The average Bonchev–Trinajstić information content (AvgIpc) is 3.20. The Hall–Kier alpha value is -3.34. The number of carboxylic acids is 1. The molecule has 0 aromatic carbocycles. The molecular weight excluding hydrogens is 757 g/mol. The first kappa shape index (κ1) is 54.7. The van der Waals surface area contributed by atoms with Gasteiger partial charge in [-0.3, -0.25) is 23.4 Å². The molecule has 0 aromatic heterocycles. The van der Waals surface area contributed by atoms with Crippen LogP contribution < -0.4 is 5.73 Å². The summed E-state index contributed by atoms with van der Waals surface area (Å²) in [6, 6.07) is -1.54. The highest BCUT2D eigenvalue weighted by Gasteiger charge is 2.28. The fourth-order valence-electron chi connectivity index (χ4n) is 5.25. The molecule has 0 amide bonds. The van der Waals surface area contributed by atoms with E-state index < -0.39 is 51.1 Å². The third-order valence-electron chi connectivity index (χ3n) is 8.64. The van der Waals surface area contributed by atoms with E-state index in [4.69, 9.17) is 24.8 Å². The van der Waals surface area contributed by atoms with Crippen molar-refractivity contribution in [1.29, 1.82) is 0 Å². The zero-order valence-corrected chi connectivity index (χ0v) is 36.5. The highest BCUT2D eigenvalue weighted by molar-refractivity contribution is 7.47. The van der Waals surface area contributed by atoms with Crippen molar-refractivity contribution in [2.45, 2.75) is 167 Å². The number of rotatable bonds is 39. The van der Waals surface area contributed by atoms with E-state index in [1.54, 1.807) is 0 Å². The lowest BCUT2D eigenvalue weighted by Gasteiger charge is -2.20. The standard InChI is InChI=1S/C46H76NO10P/c1-3-5-7-9-11-13-15-17-19-20-21-22-24-26-28-30-32-34-36-38-45(49)57-42(40-55-58(52,53)56-41-43(47)46(50)51)39-54-44(48)37-35-33-31-29-27-25-23-18-16-14-12-10-8-6-4-2/h5,7,10-13,17,19,21-22,26,28,32,34,42-43H,3-4,6,8-9,14-16,18,20,23-25,27,29-31,33,35-41,47H2,1-2H3,(H,50,51)(H,52,53)/b7-5+,12-10+,13-11+,19-17+,22-21+,28-26+,34-32+/t42-,43+/m1/s1. The van der Waals surface area contributed by atoms with Crippen molar-refractivity contribution in [3.05, 3.63) is 85.1 Å². The zero-order valence-electron chi connectivity index (χ0n) is 35.6. The lowest BCUT2D eigenvalue weighted by atomic mass is 10.1. The Labute approximate surface area is 350 Å². The minimum absolute atomic E-state index is 0.0316. The van der Waals surface area contributed by atoms with Gasteiger partial charge < -0.3 is 25.2 Å². The smallest absolute Gasteiger partial charge is 0.472 e. The second kappa shape index (κ2) is 40.4. The Morgan fingerprint density at radius 2 is 1.00 bits per heavy atom. The van der Waals surface area contributed by atoms with Gasteiger partial charge in [-0.15, -0.1) is 0 Å². The molecule has 3 atom stereocenters. The number of hydrogen-bond donors (Lipinski definition) is 3. The Kier molecular flexibility index (Phi) is 38.1. The second-order valence-corrected chi connectivity index (χ2v) is 15.5. The van der Waals surface area contributed by atoms with E-state index in [-0.39, 0.29) is 19.4 Å². The van der Waals surface area contributed by atoms with Crippen LogP contribution in [0, 0.1) is 0 Å². The van der Waals surface area contributed by atoms with Crippen molar-refractivity contribution < 1.29 is 47.5 Å². The first-order chi connectivity index (χ1) is 28.1. The van der Waals surface area contributed by atoms with E-state index in [0.717, 1.165) is 51.4 Å². The lowest BCUT2D eigenvalue weighted by molar-refractivity contribution is -0.161. The first-order valence-electron chi connectivity index (χ1n) is 21.6. The molecule has 0 radical (unpaired) electrons. The van der Waals surface area contributed by atoms with Crippen molar-refractivity contribution in [3.63, 3.8) is 0 Å². The third kappa shape index (κ3) is 39.5. The number of esters is 2. The van der Waals surface area contributed by atoms with Crippen LogP contribution in [0.5, 0.6) is 0 Å². The van der Waals surface area contributed by atoms with Crippen molar-refractivity contribution in [2.24, 2.45) is 5.73 Å². The summed E-state index contributed by atoms with van der Waals surface area (Å²) in [5, 5.41) is 8.89. The molecular formula is C46H76NO10P. The quantitative estimate of drug-likeness (QED) is 0.0233. The number of ether oxygens (including phenoxy) is 2. The van der Waals surface area contributed by atoms with Gasteiger partial charge in [-0.05, 0) is 70.6 Å². The van der Waals surface area contributed by atoms with E-state index in [1.807, 2.05) is 18.2 Å². The molecule has 330 valence electrons. The molecule has 0 saturated heterocycles. The average molecular weight is 834 g/mol. The zero-order chi connectivity index (χ0) is 42.8. The van der Waals surface area contributed by atoms with E-state index in [1.165, 1.54) is 57.8 Å². The highest BCUT2D eigenvalue weighted by Crippen LogP contribution is 2.43. The predicted molar refractivity (Wildman–Crippen MR) is 235 cm³/mol. The molecule has 0 aromatic rings. The summed E-state index contributed by atoms with van der Waals surface area (Å²) in [6.45, 7) is 2.57.